The van der Waals surface area contributed by atoms with Gasteiger partial charge in [0.05, 0.1) is 15.9 Å². The van der Waals surface area contributed by atoms with Gasteiger partial charge in [0.15, 0.2) is 0 Å². The summed E-state index contributed by atoms with van der Waals surface area (Å²) < 4.78 is 30.9. The molecule has 0 unspecified atom stereocenters. The maximum absolute atomic E-state index is 12.7. The molecule has 0 radical (unpaired) electrons. The molecule has 0 amide bonds. The van der Waals surface area contributed by atoms with E-state index in [-0.39, 0.29) is 17.1 Å². The van der Waals surface area contributed by atoms with Crippen molar-refractivity contribution in [2.45, 2.75) is 18.4 Å². The molecule has 0 spiro atoms. The molecule has 24 heavy (non-hydrogen) atoms. The van der Waals surface area contributed by atoms with E-state index < -0.39 is 10.0 Å². The summed E-state index contributed by atoms with van der Waals surface area (Å²) in [6.45, 7) is 1.95. The van der Waals surface area contributed by atoms with E-state index in [0.29, 0.717) is 16.6 Å². The van der Waals surface area contributed by atoms with Gasteiger partial charge in [-0.2, -0.15) is 0 Å². The van der Waals surface area contributed by atoms with Gasteiger partial charge >= 0.3 is 5.69 Å². The van der Waals surface area contributed by atoms with Crippen LogP contribution in [0.25, 0.3) is 11.0 Å². The van der Waals surface area contributed by atoms with Crippen LogP contribution in [-0.4, -0.2) is 17.6 Å². The number of sulfonamides is 1. The van der Waals surface area contributed by atoms with Gasteiger partial charge in [0.2, 0.25) is 10.0 Å². The van der Waals surface area contributed by atoms with E-state index in [1.165, 1.54) is 9.13 Å². The Bertz CT molecular complexity index is 1060. The zero-order valence-electron chi connectivity index (χ0n) is 13.8. The minimum Gasteiger partial charge on any atom is -0.295 e. The minimum absolute atomic E-state index is 0.184. The van der Waals surface area contributed by atoms with Crippen molar-refractivity contribution in [3.63, 3.8) is 0 Å². The van der Waals surface area contributed by atoms with Gasteiger partial charge in [-0.15, -0.1) is 0 Å². The van der Waals surface area contributed by atoms with Gasteiger partial charge in [0.1, 0.15) is 0 Å². The van der Waals surface area contributed by atoms with Crippen molar-refractivity contribution >= 4 is 21.1 Å². The average Bonchev–Trinajstić information content (AvgIpc) is 2.77. The molecule has 0 aliphatic carbocycles. The quantitative estimate of drug-likeness (QED) is 0.782. The van der Waals surface area contributed by atoms with Gasteiger partial charge < -0.3 is 0 Å². The van der Waals surface area contributed by atoms with Crippen molar-refractivity contribution < 1.29 is 8.42 Å². The van der Waals surface area contributed by atoms with Crippen molar-refractivity contribution in [1.82, 2.24) is 13.9 Å². The van der Waals surface area contributed by atoms with E-state index in [4.69, 9.17) is 0 Å². The van der Waals surface area contributed by atoms with E-state index in [1.807, 2.05) is 30.3 Å². The van der Waals surface area contributed by atoms with Crippen LogP contribution in [0.3, 0.4) is 0 Å². The Morgan fingerprint density at radius 3 is 2.21 bits per heavy atom. The second-order valence-corrected chi connectivity index (χ2v) is 7.55. The first kappa shape index (κ1) is 16.5. The lowest BCUT2D eigenvalue weighted by molar-refractivity contribution is 0.581. The van der Waals surface area contributed by atoms with Gasteiger partial charge in [-0.3, -0.25) is 9.13 Å². The summed E-state index contributed by atoms with van der Waals surface area (Å²) in [4.78, 5) is 12.2. The summed E-state index contributed by atoms with van der Waals surface area (Å²) in [7, 11) is -0.370. The lowest BCUT2D eigenvalue weighted by atomic mass is 10.2. The molecule has 7 heteroatoms. The number of hydrogen-bond acceptors (Lipinski definition) is 3. The van der Waals surface area contributed by atoms with Gasteiger partial charge in [-0.05, 0) is 30.2 Å². The Labute approximate surface area is 140 Å². The molecular weight excluding hydrogens is 326 g/mol. The number of nitrogens with zero attached hydrogens (tertiary/aromatic N) is 2. The van der Waals surface area contributed by atoms with Crippen molar-refractivity contribution in [1.29, 1.82) is 0 Å². The molecule has 3 aromatic rings. The molecule has 1 heterocycles. The number of nitrogens with one attached hydrogen (secondary N) is 1. The Morgan fingerprint density at radius 1 is 1.00 bits per heavy atom. The highest BCUT2D eigenvalue weighted by Crippen LogP contribution is 2.22. The number of fused-ring (bicyclic) bond motifs is 1. The maximum atomic E-state index is 12.7. The maximum Gasteiger partial charge on any atom is 0.328 e. The molecule has 1 N–H and O–H groups in total. The molecule has 0 atom stereocenters. The molecule has 0 bridgehead atoms. The van der Waals surface area contributed by atoms with E-state index in [0.717, 1.165) is 5.56 Å². The van der Waals surface area contributed by atoms with Crippen LogP contribution in [0.4, 0.5) is 0 Å². The summed E-state index contributed by atoms with van der Waals surface area (Å²) in [5, 5.41) is 0. The van der Waals surface area contributed by atoms with Crippen LogP contribution in [0.1, 0.15) is 11.1 Å². The fourth-order valence-electron chi connectivity index (χ4n) is 2.77. The summed E-state index contributed by atoms with van der Waals surface area (Å²) in [6, 6.07) is 12.6. The van der Waals surface area contributed by atoms with Crippen LogP contribution in [-0.2, 0) is 30.7 Å². The molecule has 0 saturated carbocycles. The topological polar surface area (TPSA) is 73.1 Å². The smallest absolute Gasteiger partial charge is 0.295 e. The van der Waals surface area contributed by atoms with E-state index in [9.17, 15) is 13.2 Å². The van der Waals surface area contributed by atoms with Crippen LogP contribution in [0.5, 0.6) is 0 Å². The van der Waals surface area contributed by atoms with Gasteiger partial charge in [0.25, 0.3) is 0 Å². The molecule has 126 valence electrons. The molecule has 0 saturated heterocycles. The van der Waals surface area contributed by atoms with Gasteiger partial charge in [-0.25, -0.2) is 17.9 Å². The zero-order valence-corrected chi connectivity index (χ0v) is 14.6. The third-order valence-corrected chi connectivity index (χ3v) is 5.71. The highest BCUT2D eigenvalue weighted by atomic mass is 32.2. The molecule has 0 aliphatic heterocycles. The monoisotopic (exact) mass is 345 g/mol. The molecule has 3 rings (SSSR count). The molecule has 0 fully saturated rings. The normalized spacial score (nSPS) is 12.0. The van der Waals surface area contributed by atoms with E-state index >= 15 is 0 Å². The first-order valence-corrected chi connectivity index (χ1v) is 8.99. The van der Waals surface area contributed by atoms with Crippen molar-refractivity contribution in [3.05, 3.63) is 64.1 Å². The Morgan fingerprint density at radius 2 is 1.58 bits per heavy atom. The molecular formula is C17H19N3O3S. The highest BCUT2D eigenvalue weighted by Gasteiger charge is 2.20. The summed E-state index contributed by atoms with van der Waals surface area (Å²) in [6.07, 6.45) is 0. The second-order valence-electron chi connectivity index (χ2n) is 5.82. The molecule has 6 nitrogen and oxygen atoms in total. The summed E-state index contributed by atoms with van der Waals surface area (Å²) in [5.74, 6) is 0. The number of hydrogen-bond donors (Lipinski definition) is 1. The third-order valence-electron chi connectivity index (χ3n) is 4.17. The lowest BCUT2D eigenvalue weighted by Gasteiger charge is -2.10. The molecule has 2 aromatic carbocycles. The zero-order chi connectivity index (χ0) is 17.5. The van der Waals surface area contributed by atoms with Crippen LogP contribution >= 0.6 is 0 Å². The first-order valence-electron chi connectivity index (χ1n) is 7.51. The fourth-order valence-corrected chi connectivity index (χ4v) is 4.03. The van der Waals surface area contributed by atoms with Crippen LogP contribution in [0.2, 0.25) is 0 Å². The van der Waals surface area contributed by atoms with Crippen LogP contribution in [0, 0.1) is 6.92 Å². The third kappa shape index (κ3) is 2.76. The second kappa shape index (κ2) is 5.92. The number of imidazole rings is 1. The predicted molar refractivity (Wildman–Crippen MR) is 93.4 cm³/mol. The standard InChI is InChI=1S/C17H19N3O3S/c1-12-9-14-15(20(3)17(21)19(14)2)10-16(12)24(22,23)18-11-13-7-5-4-6-8-13/h4-10,18H,11H2,1-3H3. The predicted octanol–water partition coefficient (Wildman–Crippen LogP) is 1.66. The lowest BCUT2D eigenvalue weighted by Crippen LogP contribution is -2.24. The number of rotatable bonds is 4. The minimum atomic E-state index is -3.68. The fraction of sp³-hybridized carbons (Fsp3) is 0.235. The van der Waals surface area contributed by atoms with Crippen molar-refractivity contribution in [2.24, 2.45) is 14.1 Å². The Hall–Kier alpha value is -2.38. The average molecular weight is 345 g/mol. The first-order chi connectivity index (χ1) is 11.3. The van der Waals surface area contributed by atoms with Crippen LogP contribution in [0.15, 0.2) is 52.2 Å². The van der Waals surface area contributed by atoms with Crippen molar-refractivity contribution in [3.8, 4) is 0 Å². The Kier molecular flexibility index (Phi) is 4.06. The van der Waals surface area contributed by atoms with E-state index in [2.05, 4.69) is 4.72 Å². The van der Waals surface area contributed by atoms with Gasteiger partial charge in [-0.1, -0.05) is 30.3 Å². The van der Waals surface area contributed by atoms with Gasteiger partial charge in [0, 0.05) is 20.6 Å². The Balaban J connectivity index is 2.03. The highest BCUT2D eigenvalue weighted by molar-refractivity contribution is 7.89. The summed E-state index contributed by atoms with van der Waals surface area (Å²) in [5.41, 5.74) is 2.60. The van der Waals surface area contributed by atoms with Crippen LogP contribution < -0.4 is 10.4 Å². The number of aryl methyl sites for hydroxylation is 3. The molecule has 1 aromatic heterocycles. The largest absolute Gasteiger partial charge is 0.328 e. The summed E-state index contributed by atoms with van der Waals surface area (Å²) >= 11 is 0. The molecule has 0 aliphatic rings. The SMILES string of the molecule is Cc1cc2c(cc1S(=O)(=O)NCc1ccccc1)n(C)c(=O)n2C. The number of benzene rings is 2. The number of aromatic nitrogens is 2. The van der Waals surface area contributed by atoms with E-state index in [1.54, 1.807) is 33.2 Å². The van der Waals surface area contributed by atoms with Crippen molar-refractivity contribution in [2.75, 3.05) is 0 Å².